The summed E-state index contributed by atoms with van der Waals surface area (Å²) >= 11 is 6.64. The number of thiophene rings is 1. The van der Waals surface area contributed by atoms with Gasteiger partial charge in [-0.25, -0.2) is 0 Å². The summed E-state index contributed by atoms with van der Waals surface area (Å²) in [5.74, 6) is 1.86. The zero-order valence-electron chi connectivity index (χ0n) is 9.09. The molecule has 0 aliphatic heterocycles. The molecular weight excluding hydrogens is 306 g/mol. The van der Waals surface area contributed by atoms with E-state index in [1.54, 1.807) is 11.8 Å². The summed E-state index contributed by atoms with van der Waals surface area (Å²) in [6, 6.07) is 1.90. The zero-order valence-corrected chi connectivity index (χ0v) is 12.3. The van der Waals surface area contributed by atoms with Crippen LogP contribution < -0.4 is 5.32 Å². The lowest BCUT2D eigenvalue weighted by Gasteiger charge is -2.01. The van der Waals surface area contributed by atoms with Gasteiger partial charge < -0.3 is 5.32 Å². The Bertz CT molecular complexity index is 357. The normalized spacial score (nSPS) is 10.1. The highest BCUT2D eigenvalue weighted by molar-refractivity contribution is 9.11. The molecule has 0 aliphatic carbocycles. The Morgan fingerprint density at radius 2 is 2.50 bits per heavy atom. The largest absolute Gasteiger partial charge is 0.351 e. The van der Waals surface area contributed by atoms with Gasteiger partial charge in [-0.1, -0.05) is 6.08 Å². The highest BCUT2D eigenvalue weighted by atomic mass is 79.9. The first-order valence-corrected chi connectivity index (χ1v) is 7.64. The number of hydrogen-bond donors (Lipinski definition) is 1. The smallest absolute Gasteiger partial charge is 0.261 e. The Labute approximate surface area is 113 Å². The maximum atomic E-state index is 11.7. The fourth-order valence-electron chi connectivity index (χ4n) is 1.06. The van der Waals surface area contributed by atoms with Gasteiger partial charge in [-0.15, -0.1) is 17.9 Å². The van der Waals surface area contributed by atoms with E-state index in [4.69, 9.17) is 0 Å². The van der Waals surface area contributed by atoms with Crippen molar-refractivity contribution >= 4 is 44.9 Å². The Hall–Kier alpha value is -0.260. The van der Waals surface area contributed by atoms with Crippen LogP contribution in [0.1, 0.15) is 15.2 Å². The predicted molar refractivity (Wildman–Crippen MR) is 76.6 cm³/mol. The highest BCUT2D eigenvalue weighted by Gasteiger charge is 2.10. The molecule has 1 aromatic rings. The van der Waals surface area contributed by atoms with Gasteiger partial charge in [-0.05, 0) is 34.5 Å². The molecule has 88 valence electrons. The van der Waals surface area contributed by atoms with Crippen molar-refractivity contribution in [2.24, 2.45) is 0 Å². The minimum Gasteiger partial charge on any atom is -0.351 e. The molecule has 0 aromatic carbocycles. The van der Waals surface area contributed by atoms with E-state index in [1.165, 1.54) is 11.3 Å². The van der Waals surface area contributed by atoms with Crippen molar-refractivity contribution in [1.29, 1.82) is 0 Å². The minimum absolute atomic E-state index is 0.0120. The average molecular weight is 320 g/mol. The molecule has 2 nitrogen and oxygen atoms in total. The van der Waals surface area contributed by atoms with Crippen LogP contribution in [0.3, 0.4) is 0 Å². The fourth-order valence-corrected chi connectivity index (χ4v) is 3.09. The third kappa shape index (κ3) is 4.31. The fraction of sp³-hybridized carbons (Fsp3) is 0.364. The second-order valence-corrected chi connectivity index (χ2v) is 6.71. The SMILES string of the molecule is C=CCSCCNC(=O)c1cc(C)c(Br)s1. The molecule has 1 N–H and O–H groups in total. The van der Waals surface area contributed by atoms with Crippen LogP contribution >= 0.6 is 39.0 Å². The molecule has 0 radical (unpaired) electrons. The van der Waals surface area contributed by atoms with E-state index in [9.17, 15) is 4.79 Å². The number of thioether (sulfide) groups is 1. The summed E-state index contributed by atoms with van der Waals surface area (Å²) in [5.41, 5.74) is 1.11. The van der Waals surface area contributed by atoms with Crippen LogP contribution in [0.4, 0.5) is 0 Å². The predicted octanol–water partition coefficient (Wildman–Crippen LogP) is 3.47. The molecule has 5 heteroatoms. The molecule has 0 aliphatic rings. The Morgan fingerprint density at radius 3 is 3.06 bits per heavy atom. The van der Waals surface area contributed by atoms with Gasteiger partial charge in [0.15, 0.2) is 0 Å². The summed E-state index contributed by atoms with van der Waals surface area (Å²) in [4.78, 5) is 12.5. The van der Waals surface area contributed by atoms with E-state index >= 15 is 0 Å². The second kappa shape index (κ2) is 7.14. The van der Waals surface area contributed by atoms with E-state index in [0.717, 1.165) is 25.7 Å². The summed E-state index contributed by atoms with van der Waals surface area (Å²) < 4.78 is 1.03. The number of amides is 1. The van der Waals surface area contributed by atoms with E-state index < -0.39 is 0 Å². The molecule has 0 fully saturated rings. The molecular formula is C11H14BrNOS2. The van der Waals surface area contributed by atoms with E-state index in [0.29, 0.717) is 6.54 Å². The van der Waals surface area contributed by atoms with Crippen LogP contribution in [0.25, 0.3) is 0 Å². The molecule has 16 heavy (non-hydrogen) atoms. The number of carbonyl (C=O) groups excluding carboxylic acids is 1. The molecule has 1 amide bonds. The summed E-state index contributed by atoms with van der Waals surface area (Å²) in [7, 11) is 0. The molecule has 0 saturated carbocycles. The maximum absolute atomic E-state index is 11.7. The van der Waals surface area contributed by atoms with Crippen molar-refractivity contribution < 1.29 is 4.79 Å². The monoisotopic (exact) mass is 319 g/mol. The van der Waals surface area contributed by atoms with Gasteiger partial charge in [0.25, 0.3) is 5.91 Å². The molecule has 0 unspecified atom stereocenters. The van der Waals surface area contributed by atoms with Gasteiger partial charge in [-0.3, -0.25) is 4.79 Å². The summed E-state index contributed by atoms with van der Waals surface area (Å²) in [5, 5.41) is 2.89. The molecule has 1 aromatic heterocycles. The second-order valence-electron chi connectivity index (χ2n) is 3.19. The van der Waals surface area contributed by atoms with Crippen LogP contribution in [-0.4, -0.2) is 24.0 Å². The van der Waals surface area contributed by atoms with Gasteiger partial charge in [0.1, 0.15) is 0 Å². The third-order valence-corrected chi connectivity index (χ3v) is 4.95. The number of aryl methyl sites for hydroxylation is 1. The third-order valence-electron chi connectivity index (χ3n) is 1.85. The van der Waals surface area contributed by atoms with Gasteiger partial charge >= 0.3 is 0 Å². The van der Waals surface area contributed by atoms with E-state index in [1.807, 2.05) is 19.1 Å². The number of carbonyl (C=O) groups is 1. The van der Waals surface area contributed by atoms with Crippen molar-refractivity contribution in [3.63, 3.8) is 0 Å². The lowest BCUT2D eigenvalue weighted by molar-refractivity contribution is 0.0960. The number of hydrogen-bond acceptors (Lipinski definition) is 3. The van der Waals surface area contributed by atoms with Crippen molar-refractivity contribution in [3.8, 4) is 0 Å². The van der Waals surface area contributed by atoms with Crippen LogP contribution in [0.2, 0.25) is 0 Å². The standard InChI is InChI=1S/C11H14BrNOS2/c1-3-5-15-6-4-13-11(14)9-7-8(2)10(12)16-9/h3,7H,1,4-6H2,2H3,(H,13,14). The molecule has 1 rings (SSSR count). The first-order valence-electron chi connectivity index (χ1n) is 4.88. The average Bonchev–Trinajstić information content (AvgIpc) is 2.59. The van der Waals surface area contributed by atoms with Crippen molar-refractivity contribution in [1.82, 2.24) is 5.32 Å². The van der Waals surface area contributed by atoms with Crippen LogP contribution in [0, 0.1) is 6.92 Å². The van der Waals surface area contributed by atoms with Crippen LogP contribution in [0.5, 0.6) is 0 Å². The Morgan fingerprint density at radius 1 is 1.75 bits per heavy atom. The minimum atomic E-state index is 0.0120. The maximum Gasteiger partial charge on any atom is 0.261 e. The Balaban J connectivity index is 2.32. The van der Waals surface area contributed by atoms with Gasteiger partial charge in [0.2, 0.25) is 0 Å². The van der Waals surface area contributed by atoms with E-state index in [-0.39, 0.29) is 5.91 Å². The van der Waals surface area contributed by atoms with Gasteiger partial charge in [0.05, 0.1) is 8.66 Å². The quantitative estimate of drug-likeness (QED) is 0.642. The Kier molecular flexibility index (Phi) is 6.16. The molecule has 0 bridgehead atoms. The van der Waals surface area contributed by atoms with Crippen molar-refractivity contribution in [2.45, 2.75) is 6.92 Å². The van der Waals surface area contributed by atoms with Gasteiger partial charge in [-0.2, -0.15) is 11.8 Å². The number of nitrogens with one attached hydrogen (secondary N) is 1. The molecule has 1 heterocycles. The number of rotatable bonds is 6. The van der Waals surface area contributed by atoms with Crippen molar-refractivity contribution in [2.75, 3.05) is 18.1 Å². The van der Waals surface area contributed by atoms with Gasteiger partial charge in [0, 0.05) is 18.1 Å². The molecule has 0 spiro atoms. The van der Waals surface area contributed by atoms with Crippen molar-refractivity contribution in [3.05, 3.63) is 32.9 Å². The van der Waals surface area contributed by atoms with Crippen LogP contribution in [0.15, 0.2) is 22.5 Å². The lowest BCUT2D eigenvalue weighted by atomic mass is 10.3. The zero-order chi connectivity index (χ0) is 12.0. The van der Waals surface area contributed by atoms with E-state index in [2.05, 4.69) is 27.8 Å². The lowest BCUT2D eigenvalue weighted by Crippen LogP contribution is -2.24. The highest BCUT2D eigenvalue weighted by Crippen LogP contribution is 2.27. The van der Waals surface area contributed by atoms with Crippen LogP contribution in [-0.2, 0) is 0 Å². The summed E-state index contributed by atoms with van der Waals surface area (Å²) in [6.45, 7) is 6.33. The summed E-state index contributed by atoms with van der Waals surface area (Å²) in [6.07, 6.45) is 1.87. The number of halogens is 1. The topological polar surface area (TPSA) is 29.1 Å². The first kappa shape index (κ1) is 13.8. The molecule has 0 saturated heterocycles. The first-order chi connectivity index (χ1) is 7.65. The molecule has 0 atom stereocenters.